The van der Waals surface area contributed by atoms with E-state index in [1.807, 2.05) is 0 Å². The first kappa shape index (κ1) is 8.96. The van der Waals surface area contributed by atoms with Gasteiger partial charge in [0.1, 0.15) is 5.82 Å². The van der Waals surface area contributed by atoms with Crippen LogP contribution in [0.4, 0.5) is 0 Å². The second-order valence-electron chi connectivity index (χ2n) is 4.68. The van der Waals surface area contributed by atoms with Gasteiger partial charge in [-0.1, -0.05) is 19.9 Å². The van der Waals surface area contributed by atoms with Crippen LogP contribution in [-0.2, 0) is 12.8 Å². The Hall–Kier alpha value is -1.31. The van der Waals surface area contributed by atoms with Crippen molar-refractivity contribution in [1.82, 2.24) is 9.38 Å². The van der Waals surface area contributed by atoms with Gasteiger partial charge in [-0.2, -0.15) is 0 Å². The zero-order valence-electron chi connectivity index (χ0n) is 9.33. The second kappa shape index (κ2) is 3.09. The van der Waals surface area contributed by atoms with Crippen molar-refractivity contribution in [3.63, 3.8) is 0 Å². The quantitative estimate of drug-likeness (QED) is 0.691. The Bertz CT molecular complexity index is 508. The van der Waals surface area contributed by atoms with E-state index in [0.717, 1.165) is 6.42 Å². The van der Waals surface area contributed by atoms with E-state index in [2.05, 4.69) is 36.6 Å². The first-order valence-corrected chi connectivity index (χ1v) is 5.76. The topological polar surface area (TPSA) is 17.3 Å². The summed E-state index contributed by atoms with van der Waals surface area (Å²) in [6.07, 6.45) is 5.75. The SMILES string of the molecule is CC(C)c1nc2c3c(cccn13)CCC2. The van der Waals surface area contributed by atoms with Gasteiger partial charge in [0.05, 0.1) is 11.2 Å². The lowest BCUT2D eigenvalue weighted by Crippen LogP contribution is -2.01. The van der Waals surface area contributed by atoms with Gasteiger partial charge < -0.3 is 4.40 Å². The third-order valence-corrected chi connectivity index (χ3v) is 3.22. The maximum atomic E-state index is 4.78. The van der Waals surface area contributed by atoms with Gasteiger partial charge in [0, 0.05) is 12.1 Å². The van der Waals surface area contributed by atoms with Crippen molar-refractivity contribution >= 4 is 5.52 Å². The standard InChI is InChI=1S/C13H16N2/c1-9(2)13-14-11-7-3-5-10-6-4-8-15(13)12(10)11/h4,6,8-9H,3,5,7H2,1-2H3. The molecule has 2 aromatic heterocycles. The summed E-state index contributed by atoms with van der Waals surface area (Å²) in [4.78, 5) is 4.78. The van der Waals surface area contributed by atoms with Crippen molar-refractivity contribution in [2.45, 2.75) is 39.0 Å². The fourth-order valence-corrected chi connectivity index (χ4v) is 2.54. The van der Waals surface area contributed by atoms with Gasteiger partial charge in [-0.15, -0.1) is 0 Å². The molecule has 0 unspecified atom stereocenters. The lowest BCUT2D eigenvalue weighted by molar-refractivity contribution is 0.760. The number of hydrogen-bond acceptors (Lipinski definition) is 1. The Morgan fingerprint density at radius 1 is 1.33 bits per heavy atom. The minimum absolute atomic E-state index is 0.500. The highest BCUT2D eigenvalue weighted by atomic mass is 15.0. The zero-order valence-corrected chi connectivity index (χ0v) is 9.33. The smallest absolute Gasteiger partial charge is 0.116 e. The summed E-state index contributed by atoms with van der Waals surface area (Å²) in [6, 6.07) is 4.38. The molecule has 15 heavy (non-hydrogen) atoms. The molecule has 0 N–H and O–H groups in total. The molecule has 0 saturated heterocycles. The lowest BCUT2D eigenvalue weighted by Gasteiger charge is -2.11. The van der Waals surface area contributed by atoms with Crippen LogP contribution in [0.5, 0.6) is 0 Å². The molecule has 0 radical (unpaired) electrons. The number of pyridine rings is 1. The van der Waals surface area contributed by atoms with Crippen LogP contribution in [0, 0.1) is 0 Å². The van der Waals surface area contributed by atoms with Crippen LogP contribution in [-0.4, -0.2) is 9.38 Å². The Morgan fingerprint density at radius 3 is 3.00 bits per heavy atom. The Labute approximate surface area is 90.0 Å². The molecule has 0 amide bonds. The van der Waals surface area contributed by atoms with E-state index in [0.29, 0.717) is 5.92 Å². The van der Waals surface area contributed by atoms with E-state index in [1.54, 1.807) is 0 Å². The molecule has 2 nitrogen and oxygen atoms in total. The summed E-state index contributed by atoms with van der Waals surface area (Å²) in [6.45, 7) is 4.42. The van der Waals surface area contributed by atoms with E-state index in [4.69, 9.17) is 4.98 Å². The maximum absolute atomic E-state index is 4.78. The number of aromatic nitrogens is 2. The molecule has 0 fully saturated rings. The van der Waals surface area contributed by atoms with Gasteiger partial charge in [0.15, 0.2) is 0 Å². The molecule has 0 bridgehead atoms. The van der Waals surface area contributed by atoms with E-state index in [1.165, 1.54) is 35.4 Å². The average molecular weight is 200 g/mol. The molecule has 0 spiro atoms. The molecule has 1 aliphatic rings. The predicted molar refractivity (Wildman–Crippen MR) is 61.3 cm³/mol. The molecule has 0 saturated carbocycles. The van der Waals surface area contributed by atoms with Crippen molar-refractivity contribution in [2.24, 2.45) is 0 Å². The molecule has 0 aromatic carbocycles. The summed E-state index contributed by atoms with van der Waals surface area (Å²) < 4.78 is 2.29. The summed E-state index contributed by atoms with van der Waals surface area (Å²) in [5.74, 6) is 1.71. The van der Waals surface area contributed by atoms with Crippen LogP contribution in [0.3, 0.4) is 0 Å². The Morgan fingerprint density at radius 2 is 2.20 bits per heavy atom. The van der Waals surface area contributed by atoms with Crippen molar-refractivity contribution in [3.05, 3.63) is 35.4 Å². The van der Waals surface area contributed by atoms with Gasteiger partial charge in [-0.05, 0) is 30.9 Å². The van der Waals surface area contributed by atoms with E-state index in [9.17, 15) is 0 Å². The first-order valence-electron chi connectivity index (χ1n) is 5.76. The predicted octanol–water partition coefficient (Wildman–Crippen LogP) is 2.95. The molecule has 2 heterocycles. The summed E-state index contributed by atoms with van der Waals surface area (Å²) in [7, 11) is 0. The largest absolute Gasteiger partial charge is 0.303 e. The first-order chi connectivity index (χ1) is 7.27. The third-order valence-electron chi connectivity index (χ3n) is 3.22. The zero-order chi connectivity index (χ0) is 10.4. The van der Waals surface area contributed by atoms with Gasteiger partial charge in [0.2, 0.25) is 0 Å². The highest BCUT2D eigenvalue weighted by Gasteiger charge is 2.18. The fraction of sp³-hybridized carbons (Fsp3) is 0.462. The van der Waals surface area contributed by atoms with E-state index < -0.39 is 0 Å². The molecule has 2 heteroatoms. The minimum atomic E-state index is 0.500. The van der Waals surface area contributed by atoms with E-state index in [-0.39, 0.29) is 0 Å². The van der Waals surface area contributed by atoms with Crippen LogP contribution >= 0.6 is 0 Å². The number of nitrogens with zero attached hydrogens (tertiary/aromatic N) is 2. The van der Waals surface area contributed by atoms with Crippen molar-refractivity contribution in [2.75, 3.05) is 0 Å². The average Bonchev–Trinajstić information content (AvgIpc) is 2.61. The second-order valence-corrected chi connectivity index (χ2v) is 4.68. The van der Waals surface area contributed by atoms with Gasteiger partial charge in [0.25, 0.3) is 0 Å². The van der Waals surface area contributed by atoms with Crippen LogP contribution in [0.1, 0.15) is 43.3 Å². The Kier molecular flexibility index (Phi) is 1.84. The molecule has 0 aliphatic heterocycles. The van der Waals surface area contributed by atoms with Crippen LogP contribution in [0.25, 0.3) is 5.52 Å². The third kappa shape index (κ3) is 1.21. The molecular formula is C13H16N2. The van der Waals surface area contributed by atoms with Gasteiger partial charge >= 0.3 is 0 Å². The van der Waals surface area contributed by atoms with Crippen molar-refractivity contribution < 1.29 is 0 Å². The van der Waals surface area contributed by atoms with Gasteiger partial charge in [-0.3, -0.25) is 0 Å². The number of rotatable bonds is 1. The number of imidazole rings is 1. The summed E-state index contributed by atoms with van der Waals surface area (Å²) >= 11 is 0. The van der Waals surface area contributed by atoms with Crippen LogP contribution in [0.2, 0.25) is 0 Å². The monoisotopic (exact) mass is 200 g/mol. The number of hydrogen-bond donors (Lipinski definition) is 0. The number of aryl methyl sites for hydroxylation is 2. The molecular weight excluding hydrogens is 184 g/mol. The van der Waals surface area contributed by atoms with Gasteiger partial charge in [-0.25, -0.2) is 4.98 Å². The normalized spacial score (nSPS) is 15.1. The lowest BCUT2D eigenvalue weighted by atomic mass is 9.99. The highest BCUT2D eigenvalue weighted by molar-refractivity contribution is 5.61. The van der Waals surface area contributed by atoms with Crippen molar-refractivity contribution in [1.29, 1.82) is 0 Å². The molecule has 78 valence electrons. The van der Waals surface area contributed by atoms with Crippen LogP contribution in [0.15, 0.2) is 18.3 Å². The minimum Gasteiger partial charge on any atom is -0.303 e. The molecule has 3 rings (SSSR count). The molecule has 0 atom stereocenters. The fourth-order valence-electron chi connectivity index (χ4n) is 2.54. The Balaban J connectivity index is 2.38. The summed E-state index contributed by atoms with van der Waals surface area (Å²) in [5, 5.41) is 0. The maximum Gasteiger partial charge on any atom is 0.116 e. The highest BCUT2D eigenvalue weighted by Crippen LogP contribution is 2.27. The van der Waals surface area contributed by atoms with Crippen molar-refractivity contribution in [3.8, 4) is 0 Å². The van der Waals surface area contributed by atoms with Crippen LogP contribution < -0.4 is 0 Å². The molecule has 2 aromatic rings. The summed E-state index contributed by atoms with van der Waals surface area (Å²) in [5.41, 5.74) is 4.16. The molecule has 1 aliphatic carbocycles. The van der Waals surface area contributed by atoms with E-state index >= 15 is 0 Å².